The molecule has 4 N–H and O–H groups in total. The Morgan fingerprint density at radius 2 is 1.68 bits per heavy atom. The molecule has 0 aliphatic heterocycles. The number of nitrogens with two attached hydrogens (primary N) is 1. The normalized spacial score (nSPS) is 11.5. The van der Waals surface area contributed by atoms with Crippen LogP contribution in [0.25, 0.3) is 0 Å². The van der Waals surface area contributed by atoms with Crippen LogP contribution in [0.15, 0.2) is 18.2 Å². The standard InChI is InChI=1S/C16H22F3N3O2.ClH/c1-15(2,3)7-13(23)21-9-14(24)22-12-5-10(8-20)4-11(6-12)16(17,18)19;/h4-6H,7-9,20H2,1-3H3,(H,21,23)(H,22,24);1H. The summed E-state index contributed by atoms with van der Waals surface area (Å²) in [6.07, 6.45) is -4.30. The molecule has 5 nitrogen and oxygen atoms in total. The number of carbonyl (C=O) groups excluding carboxylic acids is 2. The molecule has 142 valence electrons. The van der Waals surface area contributed by atoms with Gasteiger partial charge in [-0.25, -0.2) is 0 Å². The van der Waals surface area contributed by atoms with Gasteiger partial charge in [0.2, 0.25) is 11.8 Å². The average Bonchev–Trinajstić information content (AvgIpc) is 2.42. The number of halogens is 4. The van der Waals surface area contributed by atoms with E-state index in [1.165, 1.54) is 6.07 Å². The highest BCUT2D eigenvalue weighted by Gasteiger charge is 2.31. The zero-order valence-corrected chi connectivity index (χ0v) is 15.1. The largest absolute Gasteiger partial charge is 0.416 e. The van der Waals surface area contributed by atoms with Crippen molar-refractivity contribution in [1.82, 2.24) is 5.32 Å². The van der Waals surface area contributed by atoms with E-state index in [9.17, 15) is 22.8 Å². The minimum absolute atomic E-state index is 0. The van der Waals surface area contributed by atoms with Gasteiger partial charge in [-0.05, 0) is 29.2 Å². The van der Waals surface area contributed by atoms with Gasteiger partial charge in [-0.2, -0.15) is 13.2 Å². The predicted molar refractivity (Wildman–Crippen MR) is 92.3 cm³/mol. The summed E-state index contributed by atoms with van der Waals surface area (Å²) in [5.74, 6) is -0.913. The molecule has 2 amide bonds. The third-order valence-electron chi connectivity index (χ3n) is 2.98. The first-order valence-corrected chi connectivity index (χ1v) is 7.38. The Balaban J connectivity index is 0.00000576. The zero-order chi connectivity index (χ0) is 18.5. The van der Waals surface area contributed by atoms with Crippen molar-refractivity contribution in [3.05, 3.63) is 29.3 Å². The summed E-state index contributed by atoms with van der Waals surface area (Å²) in [6, 6.07) is 3.12. The van der Waals surface area contributed by atoms with Crippen molar-refractivity contribution < 1.29 is 22.8 Å². The molecule has 0 atom stereocenters. The molecule has 1 aromatic rings. The van der Waals surface area contributed by atoms with Crippen LogP contribution in [0.1, 0.15) is 38.3 Å². The van der Waals surface area contributed by atoms with Crippen molar-refractivity contribution in [3.8, 4) is 0 Å². The second-order valence-corrected chi connectivity index (χ2v) is 6.68. The third-order valence-corrected chi connectivity index (χ3v) is 2.98. The molecule has 0 bridgehead atoms. The van der Waals surface area contributed by atoms with Gasteiger partial charge in [0.25, 0.3) is 0 Å². The van der Waals surface area contributed by atoms with Crippen molar-refractivity contribution >= 4 is 29.9 Å². The Labute approximate surface area is 150 Å². The van der Waals surface area contributed by atoms with E-state index in [-0.39, 0.29) is 54.5 Å². The Morgan fingerprint density at radius 3 is 2.16 bits per heavy atom. The van der Waals surface area contributed by atoms with Crippen LogP contribution in [0.3, 0.4) is 0 Å². The van der Waals surface area contributed by atoms with Crippen LogP contribution in [0, 0.1) is 5.41 Å². The topological polar surface area (TPSA) is 84.2 Å². The van der Waals surface area contributed by atoms with Crippen LogP contribution in [-0.4, -0.2) is 18.4 Å². The third kappa shape index (κ3) is 8.74. The van der Waals surface area contributed by atoms with Crippen LogP contribution in [0.4, 0.5) is 18.9 Å². The molecule has 0 saturated heterocycles. The number of alkyl halides is 3. The SMILES string of the molecule is CC(C)(C)CC(=O)NCC(=O)Nc1cc(CN)cc(C(F)(F)F)c1.Cl. The van der Waals surface area contributed by atoms with Crippen LogP contribution in [0.2, 0.25) is 0 Å². The molecule has 0 aliphatic carbocycles. The second kappa shape index (κ2) is 9.05. The molecule has 0 heterocycles. The van der Waals surface area contributed by atoms with Gasteiger partial charge < -0.3 is 16.4 Å². The minimum Gasteiger partial charge on any atom is -0.347 e. The number of nitrogens with one attached hydrogen (secondary N) is 2. The van der Waals surface area contributed by atoms with E-state index in [2.05, 4.69) is 10.6 Å². The smallest absolute Gasteiger partial charge is 0.347 e. The molecule has 0 saturated carbocycles. The summed E-state index contributed by atoms with van der Waals surface area (Å²) in [4.78, 5) is 23.4. The van der Waals surface area contributed by atoms with E-state index >= 15 is 0 Å². The number of hydrogen-bond acceptors (Lipinski definition) is 3. The van der Waals surface area contributed by atoms with Gasteiger partial charge >= 0.3 is 6.18 Å². The molecule has 25 heavy (non-hydrogen) atoms. The number of benzene rings is 1. The average molecular weight is 382 g/mol. The van der Waals surface area contributed by atoms with Gasteiger partial charge in [0, 0.05) is 18.7 Å². The van der Waals surface area contributed by atoms with Gasteiger partial charge in [-0.1, -0.05) is 20.8 Å². The fraction of sp³-hybridized carbons (Fsp3) is 0.500. The lowest BCUT2D eigenvalue weighted by atomic mass is 9.92. The van der Waals surface area contributed by atoms with Crippen LogP contribution in [-0.2, 0) is 22.3 Å². The van der Waals surface area contributed by atoms with Gasteiger partial charge in [0.1, 0.15) is 0 Å². The van der Waals surface area contributed by atoms with Crippen molar-refractivity contribution in [2.75, 3.05) is 11.9 Å². The Hall–Kier alpha value is -1.80. The maximum absolute atomic E-state index is 12.8. The molecule has 1 aromatic carbocycles. The lowest BCUT2D eigenvalue weighted by Crippen LogP contribution is -2.34. The molecule has 0 fully saturated rings. The molecule has 1 rings (SSSR count). The molecule has 0 aliphatic rings. The van der Waals surface area contributed by atoms with Crippen molar-refractivity contribution in [1.29, 1.82) is 0 Å². The Bertz CT molecular complexity index is 614. The fourth-order valence-corrected chi connectivity index (χ4v) is 1.97. The monoisotopic (exact) mass is 381 g/mol. The highest BCUT2D eigenvalue weighted by atomic mass is 35.5. The van der Waals surface area contributed by atoms with Gasteiger partial charge in [-0.3, -0.25) is 9.59 Å². The minimum atomic E-state index is -4.54. The number of hydrogen-bond donors (Lipinski definition) is 3. The first-order valence-electron chi connectivity index (χ1n) is 7.38. The Kier molecular flexibility index (Phi) is 8.40. The van der Waals surface area contributed by atoms with E-state index < -0.39 is 17.6 Å². The molecule has 9 heteroatoms. The quantitative estimate of drug-likeness (QED) is 0.732. The fourth-order valence-electron chi connectivity index (χ4n) is 1.97. The maximum Gasteiger partial charge on any atom is 0.416 e. The van der Waals surface area contributed by atoms with Crippen molar-refractivity contribution in [3.63, 3.8) is 0 Å². The van der Waals surface area contributed by atoms with Crippen molar-refractivity contribution in [2.24, 2.45) is 11.1 Å². The van der Waals surface area contributed by atoms with E-state index in [1.807, 2.05) is 20.8 Å². The second-order valence-electron chi connectivity index (χ2n) is 6.68. The molecular weight excluding hydrogens is 359 g/mol. The summed E-state index contributed by atoms with van der Waals surface area (Å²) in [5.41, 5.74) is 4.50. The lowest BCUT2D eigenvalue weighted by Gasteiger charge is -2.17. The first-order chi connectivity index (χ1) is 10.9. The lowest BCUT2D eigenvalue weighted by molar-refractivity contribution is -0.137. The number of rotatable bonds is 5. The van der Waals surface area contributed by atoms with Crippen LogP contribution < -0.4 is 16.4 Å². The molecule has 0 radical (unpaired) electrons. The maximum atomic E-state index is 12.8. The van der Waals surface area contributed by atoms with Crippen molar-refractivity contribution in [2.45, 2.75) is 39.9 Å². The van der Waals surface area contributed by atoms with Gasteiger partial charge in [0.05, 0.1) is 12.1 Å². The molecule has 0 aromatic heterocycles. The summed E-state index contributed by atoms with van der Waals surface area (Å²) < 4.78 is 38.5. The first kappa shape index (κ1) is 23.2. The van der Waals surface area contributed by atoms with E-state index in [1.54, 1.807) is 0 Å². The number of anilines is 1. The molecule has 0 unspecified atom stereocenters. The highest BCUT2D eigenvalue weighted by molar-refractivity contribution is 5.94. The molecular formula is C16H23ClF3N3O2. The summed E-state index contributed by atoms with van der Waals surface area (Å²) in [7, 11) is 0. The van der Waals surface area contributed by atoms with Gasteiger partial charge in [-0.15, -0.1) is 12.4 Å². The van der Waals surface area contributed by atoms with Crippen LogP contribution in [0.5, 0.6) is 0 Å². The Morgan fingerprint density at radius 1 is 1.08 bits per heavy atom. The summed E-state index contributed by atoms with van der Waals surface area (Å²) in [6.45, 7) is 5.23. The van der Waals surface area contributed by atoms with E-state index in [0.29, 0.717) is 0 Å². The number of carbonyl (C=O) groups is 2. The number of amides is 2. The van der Waals surface area contributed by atoms with E-state index in [0.717, 1.165) is 12.1 Å². The zero-order valence-electron chi connectivity index (χ0n) is 14.3. The van der Waals surface area contributed by atoms with E-state index in [4.69, 9.17) is 5.73 Å². The summed E-state index contributed by atoms with van der Waals surface area (Å²) in [5, 5.41) is 4.77. The summed E-state index contributed by atoms with van der Waals surface area (Å²) >= 11 is 0. The van der Waals surface area contributed by atoms with Crippen LogP contribution >= 0.6 is 12.4 Å². The predicted octanol–water partition coefficient (Wildman–Crippen LogP) is 3.08. The highest BCUT2D eigenvalue weighted by Crippen LogP contribution is 2.32. The van der Waals surface area contributed by atoms with Gasteiger partial charge in [0.15, 0.2) is 0 Å². The molecule has 0 spiro atoms.